The summed E-state index contributed by atoms with van der Waals surface area (Å²) in [5.41, 5.74) is 16.1. The van der Waals surface area contributed by atoms with Gasteiger partial charge in [0.2, 0.25) is 0 Å². The number of anilines is 1. The van der Waals surface area contributed by atoms with Crippen LogP contribution in [0, 0.1) is 44.1 Å². The Hall–Kier alpha value is -10.8. The van der Waals surface area contributed by atoms with E-state index in [1.807, 2.05) is 173 Å². The first kappa shape index (κ1) is 67.6. The topological polar surface area (TPSA) is 291 Å². The van der Waals surface area contributed by atoms with E-state index in [2.05, 4.69) is 6.07 Å². The Morgan fingerprint density at radius 3 is 1.15 bits per heavy atom. The Labute approximate surface area is 553 Å². The third-order valence-electron chi connectivity index (χ3n) is 15.5. The summed E-state index contributed by atoms with van der Waals surface area (Å²) in [6.45, 7) is 1.08. The second-order valence-corrected chi connectivity index (χ2v) is 25.2. The maximum atomic E-state index is 13.1. The third kappa shape index (κ3) is 13.9. The molecule has 0 bridgehead atoms. The van der Waals surface area contributed by atoms with E-state index in [9.17, 15) is 40.3 Å². The molecular weight excluding hydrogens is 1350 g/mol. The van der Waals surface area contributed by atoms with E-state index in [1.54, 1.807) is 65.8 Å². The number of carbonyl (C=O) groups is 1. The van der Waals surface area contributed by atoms with E-state index in [0.29, 0.717) is 22.6 Å². The number of aryl methyl sites for hydroxylation is 3. The number of nitrogens with zero attached hydrogens (tertiary/aromatic N) is 11. The van der Waals surface area contributed by atoms with Crippen LogP contribution in [0.1, 0.15) is 36.5 Å². The van der Waals surface area contributed by atoms with Crippen molar-refractivity contribution < 1.29 is 29.0 Å². The van der Waals surface area contributed by atoms with E-state index in [-0.39, 0.29) is 46.1 Å². The summed E-state index contributed by atoms with van der Waals surface area (Å²) in [7, 11) is 18.9. The van der Waals surface area contributed by atoms with E-state index in [4.69, 9.17) is 47.7 Å². The van der Waals surface area contributed by atoms with Gasteiger partial charge in [0, 0.05) is 124 Å². The molecule has 7 aromatic heterocycles. The van der Waals surface area contributed by atoms with Crippen LogP contribution in [0.3, 0.4) is 0 Å². The average molecular weight is 1400 g/mol. The van der Waals surface area contributed by atoms with E-state index in [1.165, 1.54) is 28.8 Å². The van der Waals surface area contributed by atoms with Crippen molar-refractivity contribution in [3.63, 3.8) is 0 Å². The number of pyridine rings is 3. The molecular formula is C69H58Cl2N12O10Sn. The van der Waals surface area contributed by atoms with Crippen molar-refractivity contribution in [3.05, 3.63) is 246 Å². The normalized spacial score (nSPS) is 13.0. The molecule has 94 heavy (non-hydrogen) atoms. The Bertz CT molecular complexity index is 5280. The minimum absolute atomic E-state index is 0.0155. The standard InChI is InChI=1S/C23H16N4O.C19H12N4O3.C19H14N4O.C6H12O3.C2H4O2.2ClH.Sn/c1-25-20-7-3-2-6-19(20)22-21(25)14-16(15-24)23(28)27(22)18-10-8-17(9-11-18)26-12-4-5-13-26;1-21-16-5-3-2-4-15(16)18-17(21)10-12(11-20)19(24)22(18)13-6-8-14(9-7-13)23(25)26;1-22-16-5-3-2-4-15(16)18-17(22)10-12(11-20)19(24)23(18)14-8-6-13(21)7-9-14;1-7-5-3-4-6(8-2)9-5;1-2(3)4;;;/h2-14H,1H3;2-10H,1H3;2-10H,21H2,1H3;5-6H,3-4H2,1-2H3;1H3,(H,3,4);2*1H;/q;;;;;;;+2/p-2. The van der Waals surface area contributed by atoms with Gasteiger partial charge in [0.15, 0.2) is 12.6 Å². The molecule has 2 atom stereocenters. The monoisotopic (exact) mass is 1400 g/mol. The van der Waals surface area contributed by atoms with Crippen molar-refractivity contribution >= 4 is 120 Å². The van der Waals surface area contributed by atoms with Gasteiger partial charge in [-0.1, -0.05) is 54.6 Å². The van der Waals surface area contributed by atoms with Gasteiger partial charge in [-0.2, -0.15) is 15.8 Å². The number of nitrogen functional groups attached to an aromatic ring is 1. The molecule has 1 saturated heterocycles. The predicted octanol–water partition coefficient (Wildman–Crippen LogP) is 12.2. The van der Waals surface area contributed by atoms with Gasteiger partial charge < -0.3 is 43.3 Å². The number of halogens is 2. The average Bonchev–Trinajstić information content (AvgIpc) is 1.59. The number of aromatic nitrogens is 7. The van der Waals surface area contributed by atoms with Crippen molar-refractivity contribution in [3.8, 4) is 41.0 Å². The van der Waals surface area contributed by atoms with Gasteiger partial charge in [-0.05, 0) is 109 Å². The molecule has 25 heteroatoms. The number of fused-ring (bicyclic) bond motifs is 9. The molecule has 0 saturated carbocycles. The number of methoxy groups -OCH3 is 2. The van der Waals surface area contributed by atoms with E-state index >= 15 is 0 Å². The summed E-state index contributed by atoms with van der Waals surface area (Å²) in [6, 6.07) is 58.9. The van der Waals surface area contributed by atoms with E-state index < -0.39 is 35.3 Å². The van der Waals surface area contributed by atoms with Crippen LogP contribution in [0.4, 0.5) is 11.4 Å². The van der Waals surface area contributed by atoms with Crippen LogP contribution in [0.5, 0.6) is 0 Å². The summed E-state index contributed by atoms with van der Waals surface area (Å²) in [6.07, 6.45) is 5.73. The number of rotatable bonds is 7. The van der Waals surface area contributed by atoms with Crippen molar-refractivity contribution in [2.45, 2.75) is 32.3 Å². The molecule has 472 valence electrons. The Morgan fingerprint density at radius 1 is 0.553 bits per heavy atom. The molecule has 1 fully saturated rings. The first-order chi connectivity index (χ1) is 45.3. The number of benzene rings is 6. The molecule has 1 aliphatic heterocycles. The van der Waals surface area contributed by atoms with Crippen LogP contribution in [-0.2, 0) is 40.1 Å². The zero-order valence-electron chi connectivity index (χ0n) is 51.3. The van der Waals surface area contributed by atoms with Crippen molar-refractivity contribution in [2.24, 2.45) is 21.1 Å². The van der Waals surface area contributed by atoms with Gasteiger partial charge in [-0.25, -0.2) is 0 Å². The quantitative estimate of drug-likeness (QED) is 0.0649. The summed E-state index contributed by atoms with van der Waals surface area (Å²) >= 11 is -0.826. The second kappa shape index (κ2) is 30.1. The number of para-hydroxylation sites is 3. The molecule has 2 radical (unpaired) electrons. The number of aliphatic carboxylic acids is 1. The maximum absolute atomic E-state index is 13.1. The van der Waals surface area contributed by atoms with E-state index in [0.717, 1.165) is 91.4 Å². The number of nitriles is 3. The van der Waals surface area contributed by atoms with Gasteiger partial charge in [0.25, 0.3) is 28.3 Å². The molecule has 1 aliphatic rings. The van der Waals surface area contributed by atoms with Gasteiger partial charge in [-0.15, -0.1) is 0 Å². The molecule has 0 amide bonds. The van der Waals surface area contributed by atoms with Gasteiger partial charge in [0.1, 0.15) is 34.9 Å². The predicted molar refractivity (Wildman–Crippen MR) is 365 cm³/mol. The SMILES string of the molecule is CC(=O)O.COC1CCC(OC)O1.Cn1c2ccccc2c2c1cc(C#N)c(=O)n2-c1ccc(-n2cccc2)cc1.Cn1c2ccccc2c2c1cc(C#N)c(=O)n2-c1ccc(N)cc1.Cn1c2ccccc2c2c1cc(C#N)c(=O)n2-c1ccc([N+](=O)[O-])cc1.[Cl][Sn][Cl]. The van der Waals surface area contributed by atoms with Crippen LogP contribution in [0.2, 0.25) is 0 Å². The minimum atomic E-state index is -0.833. The number of hydrogen-bond donors (Lipinski definition) is 2. The van der Waals surface area contributed by atoms with Gasteiger partial charge in [0.05, 0.1) is 54.6 Å². The molecule has 0 aliphatic carbocycles. The van der Waals surface area contributed by atoms with Crippen LogP contribution in [0.15, 0.2) is 203 Å². The number of nitro benzene ring substituents is 1. The van der Waals surface area contributed by atoms with Crippen LogP contribution in [-0.4, -0.2) is 93.7 Å². The molecule has 13 aromatic rings. The number of nitro groups is 1. The zero-order valence-corrected chi connectivity index (χ0v) is 55.7. The van der Waals surface area contributed by atoms with Crippen molar-refractivity contribution in [1.82, 2.24) is 32.0 Å². The summed E-state index contributed by atoms with van der Waals surface area (Å²) in [5, 5.41) is 49.4. The third-order valence-corrected chi connectivity index (χ3v) is 15.5. The summed E-state index contributed by atoms with van der Waals surface area (Å²) < 4.78 is 27.7. The van der Waals surface area contributed by atoms with Crippen LogP contribution < -0.4 is 22.4 Å². The number of non-ortho nitro benzene ring substituents is 1. The van der Waals surface area contributed by atoms with Crippen LogP contribution in [0.25, 0.3) is 88.6 Å². The fourth-order valence-electron chi connectivity index (χ4n) is 11.2. The summed E-state index contributed by atoms with van der Waals surface area (Å²) in [5.74, 6) is -0.833. The first-order valence-corrected chi connectivity index (χ1v) is 35.9. The molecule has 3 N–H and O–H groups in total. The molecule has 0 spiro atoms. The Balaban J connectivity index is 0.000000149. The molecule has 8 heterocycles. The number of ether oxygens (including phenoxy) is 3. The number of carboxylic acid groups (broad SMARTS) is 1. The fraction of sp³-hybridized carbons (Fsp3) is 0.145. The number of hydrogen-bond acceptors (Lipinski definition) is 13. The van der Waals surface area contributed by atoms with Crippen LogP contribution >= 0.6 is 17.8 Å². The summed E-state index contributed by atoms with van der Waals surface area (Å²) in [4.78, 5) is 58.2. The number of nitrogens with two attached hydrogens (primary N) is 1. The number of carboxylic acids is 1. The molecule has 2 unspecified atom stereocenters. The molecule has 14 rings (SSSR count). The van der Waals surface area contributed by atoms with Gasteiger partial charge >= 0.3 is 36.7 Å². The zero-order chi connectivity index (χ0) is 67.5. The second-order valence-electron chi connectivity index (χ2n) is 21.0. The Morgan fingerprint density at radius 2 is 0.851 bits per heavy atom. The van der Waals surface area contributed by atoms with Crippen molar-refractivity contribution in [1.29, 1.82) is 15.8 Å². The van der Waals surface area contributed by atoms with Gasteiger partial charge in [-0.3, -0.25) is 43.0 Å². The fourth-order valence-corrected chi connectivity index (χ4v) is 11.2. The molecule has 22 nitrogen and oxygen atoms in total. The van der Waals surface area contributed by atoms with Crippen molar-refractivity contribution in [2.75, 3.05) is 20.0 Å². The molecule has 6 aromatic carbocycles. The Kier molecular flexibility index (Phi) is 21.7. The first-order valence-electron chi connectivity index (χ1n) is 28.7.